The molecular weight excluding hydrogens is 655 g/mol. The van der Waals surface area contributed by atoms with Crippen molar-refractivity contribution in [2.75, 3.05) is 23.8 Å². The SMILES string of the molecule is Cc1nnc(SCC2(C(=O)O)CS[C@@H]3C(NC(=O)C(NC(=O)NN=Cc4ccc(O)c(O)c4)c4csc(N)n4)C(=O)N3C2)s1. The molecule has 3 aromatic rings. The number of carbonyl (C=O) groups is 4. The summed E-state index contributed by atoms with van der Waals surface area (Å²) in [6, 6.07) is 0.775. The molecule has 0 bridgehead atoms. The molecular formula is C24H25N9O7S4. The van der Waals surface area contributed by atoms with Gasteiger partial charge >= 0.3 is 12.0 Å². The quantitative estimate of drug-likeness (QED) is 0.0519. The van der Waals surface area contributed by atoms with Crippen LogP contribution in [0.3, 0.4) is 0 Å². The second-order valence-corrected chi connectivity index (χ2v) is 14.1. The van der Waals surface area contributed by atoms with Crippen molar-refractivity contribution in [2.45, 2.75) is 28.7 Å². The zero-order chi connectivity index (χ0) is 31.6. The van der Waals surface area contributed by atoms with E-state index in [1.807, 2.05) is 0 Å². The summed E-state index contributed by atoms with van der Waals surface area (Å²) >= 11 is 4.95. The number of phenols is 2. The summed E-state index contributed by atoms with van der Waals surface area (Å²) in [4.78, 5) is 56.9. The summed E-state index contributed by atoms with van der Waals surface area (Å²) in [5.41, 5.74) is 7.25. The number of carboxylic acid groups (broad SMARTS) is 1. The standard InChI is InChI=1S/C24H25N9O7S4/c1-10-30-32-23(44-10)43-9-24(20(38)39)7-33-18(37)16(19(33)42-8-24)28-17(36)15(12-6-41-21(25)27-12)29-22(40)31-26-5-11-2-3-13(34)14(35)4-11/h2-6,15-16,19,34-35H,7-9H2,1H3,(H2,25,27)(H,28,36)(H,38,39)(H2,29,31,40)/t15?,16?,19-,24?/m1/s1. The van der Waals surface area contributed by atoms with Gasteiger partial charge in [0.25, 0.3) is 0 Å². The number of thiazole rings is 1. The minimum Gasteiger partial charge on any atom is -0.504 e. The summed E-state index contributed by atoms with van der Waals surface area (Å²) in [5.74, 6) is -2.48. The van der Waals surface area contributed by atoms with Crippen molar-refractivity contribution < 1.29 is 34.5 Å². The van der Waals surface area contributed by atoms with Crippen molar-refractivity contribution in [3.05, 3.63) is 39.8 Å². The van der Waals surface area contributed by atoms with Crippen LogP contribution in [0.5, 0.6) is 11.5 Å². The van der Waals surface area contributed by atoms with Crippen molar-refractivity contribution in [3.8, 4) is 11.5 Å². The Labute approximate surface area is 265 Å². The maximum atomic E-state index is 13.4. The zero-order valence-corrected chi connectivity index (χ0v) is 25.9. The first-order valence-electron chi connectivity index (χ1n) is 12.7. The van der Waals surface area contributed by atoms with E-state index in [0.717, 1.165) is 16.3 Å². The molecule has 4 heterocycles. The van der Waals surface area contributed by atoms with E-state index in [4.69, 9.17) is 5.73 Å². The molecule has 0 radical (unpaired) electrons. The van der Waals surface area contributed by atoms with Crippen molar-refractivity contribution in [2.24, 2.45) is 10.5 Å². The topological polar surface area (TPSA) is 245 Å². The van der Waals surface area contributed by atoms with E-state index in [-0.39, 0.29) is 40.4 Å². The number of aliphatic carboxylic acids is 1. The van der Waals surface area contributed by atoms with Crippen molar-refractivity contribution in [1.29, 1.82) is 0 Å². The number of nitrogen functional groups attached to an aromatic ring is 1. The van der Waals surface area contributed by atoms with Gasteiger partial charge in [-0.05, 0) is 30.7 Å². The molecule has 5 rings (SSSR count). The lowest BCUT2D eigenvalue weighted by molar-refractivity contribution is -0.157. The Morgan fingerprint density at radius 3 is 2.75 bits per heavy atom. The molecule has 20 heteroatoms. The number of hydrazone groups is 1. The molecule has 2 aliphatic heterocycles. The highest BCUT2D eigenvalue weighted by Crippen LogP contribution is 2.44. The number of aromatic hydroxyl groups is 2. The number of fused-ring (bicyclic) bond motifs is 1. The van der Waals surface area contributed by atoms with E-state index in [0.29, 0.717) is 9.90 Å². The summed E-state index contributed by atoms with van der Waals surface area (Å²) < 4.78 is 0.644. The number of benzene rings is 1. The van der Waals surface area contributed by atoms with E-state index >= 15 is 0 Å². The predicted octanol–water partition coefficient (Wildman–Crippen LogP) is 0.934. The van der Waals surface area contributed by atoms with Crippen LogP contribution >= 0.6 is 46.2 Å². The number of phenolic OH excluding ortho intramolecular Hbond substituents is 2. The molecule has 0 saturated carbocycles. The van der Waals surface area contributed by atoms with Crippen LogP contribution in [0.1, 0.15) is 22.3 Å². The third kappa shape index (κ3) is 6.66. The van der Waals surface area contributed by atoms with Crippen LogP contribution < -0.4 is 21.8 Å². The van der Waals surface area contributed by atoms with Gasteiger partial charge in [0, 0.05) is 23.4 Å². The Morgan fingerprint density at radius 1 is 1.30 bits per heavy atom. The Bertz CT molecular complexity index is 1630. The fourth-order valence-corrected chi connectivity index (χ4v) is 8.60. The Balaban J connectivity index is 1.21. The third-order valence-corrected chi connectivity index (χ3v) is 11.2. The number of amides is 4. The van der Waals surface area contributed by atoms with Crippen molar-refractivity contribution in [1.82, 2.24) is 36.1 Å². The molecule has 2 aliphatic rings. The van der Waals surface area contributed by atoms with Gasteiger partial charge < -0.3 is 36.6 Å². The molecule has 8 N–H and O–H groups in total. The van der Waals surface area contributed by atoms with Crippen LogP contribution in [0.4, 0.5) is 9.93 Å². The van der Waals surface area contributed by atoms with Crippen molar-refractivity contribution >= 4 is 81.4 Å². The summed E-state index contributed by atoms with van der Waals surface area (Å²) in [5, 5.41) is 47.9. The number of β-lactam (4-membered cyclic amide) rings is 1. The number of nitrogens with zero attached hydrogens (tertiary/aromatic N) is 5. The fraction of sp³-hybridized carbons (Fsp3) is 0.333. The van der Waals surface area contributed by atoms with Gasteiger partial charge in [-0.2, -0.15) is 5.10 Å². The first-order chi connectivity index (χ1) is 21.0. The smallest absolute Gasteiger partial charge is 0.336 e. The second kappa shape index (κ2) is 12.8. The molecule has 16 nitrogen and oxygen atoms in total. The average Bonchev–Trinajstić information content (AvgIpc) is 3.62. The van der Waals surface area contributed by atoms with E-state index in [9.17, 15) is 34.5 Å². The molecule has 4 amide bonds. The van der Waals surface area contributed by atoms with Gasteiger partial charge in [-0.3, -0.25) is 14.4 Å². The number of aromatic nitrogens is 3. The van der Waals surface area contributed by atoms with Gasteiger partial charge in [-0.25, -0.2) is 15.2 Å². The highest BCUT2D eigenvalue weighted by atomic mass is 32.2. The van der Waals surface area contributed by atoms with Crippen LogP contribution in [0.15, 0.2) is 33.0 Å². The van der Waals surface area contributed by atoms with E-state index in [2.05, 4.69) is 36.3 Å². The molecule has 232 valence electrons. The minimum atomic E-state index is -1.34. The number of urea groups is 1. The lowest BCUT2D eigenvalue weighted by Gasteiger charge is -2.53. The van der Waals surface area contributed by atoms with Gasteiger partial charge in [0.15, 0.2) is 27.0 Å². The Kier molecular flexibility index (Phi) is 9.13. The highest BCUT2D eigenvalue weighted by molar-refractivity contribution is 8.01. The number of carbonyl (C=O) groups excluding carboxylic acids is 3. The Hall–Kier alpha value is -4.14. The van der Waals surface area contributed by atoms with Crippen molar-refractivity contribution in [3.63, 3.8) is 0 Å². The van der Waals surface area contributed by atoms with Crippen LogP contribution in [0.25, 0.3) is 0 Å². The lowest BCUT2D eigenvalue weighted by atomic mass is 9.89. The van der Waals surface area contributed by atoms with E-state index in [1.54, 1.807) is 6.92 Å². The van der Waals surface area contributed by atoms with Gasteiger partial charge in [0.1, 0.15) is 21.8 Å². The number of carboxylic acids is 1. The van der Waals surface area contributed by atoms with Crippen LogP contribution in [-0.2, 0) is 14.4 Å². The number of rotatable bonds is 10. The predicted molar refractivity (Wildman–Crippen MR) is 164 cm³/mol. The zero-order valence-electron chi connectivity index (χ0n) is 22.7. The van der Waals surface area contributed by atoms with E-state index in [1.165, 1.54) is 69.6 Å². The maximum absolute atomic E-state index is 13.4. The van der Waals surface area contributed by atoms with Gasteiger partial charge in [-0.1, -0.05) is 23.1 Å². The second-order valence-electron chi connectivity index (χ2n) is 9.75. The third-order valence-electron chi connectivity index (χ3n) is 6.63. The maximum Gasteiger partial charge on any atom is 0.336 e. The Morgan fingerprint density at radius 2 is 2.09 bits per heavy atom. The summed E-state index contributed by atoms with van der Waals surface area (Å²) in [6.07, 6.45) is 1.21. The molecule has 2 fully saturated rings. The van der Waals surface area contributed by atoms with Crippen LogP contribution in [0.2, 0.25) is 0 Å². The number of hydrogen-bond acceptors (Lipinski definition) is 15. The van der Waals surface area contributed by atoms with Gasteiger partial charge in [-0.15, -0.1) is 33.3 Å². The normalized spacial score (nSPS) is 21.8. The molecule has 4 atom stereocenters. The largest absolute Gasteiger partial charge is 0.504 e. The molecule has 0 spiro atoms. The number of thioether (sulfide) groups is 2. The van der Waals surface area contributed by atoms with Crippen LogP contribution in [0, 0.1) is 12.3 Å². The average molecular weight is 680 g/mol. The number of hydrogen-bond donors (Lipinski definition) is 7. The molecule has 3 unspecified atom stereocenters. The van der Waals surface area contributed by atoms with Gasteiger partial charge in [0.2, 0.25) is 11.8 Å². The first kappa shape index (κ1) is 31.3. The monoisotopic (exact) mass is 679 g/mol. The van der Waals surface area contributed by atoms with E-state index < -0.39 is 46.7 Å². The molecule has 44 heavy (non-hydrogen) atoms. The number of nitrogens with two attached hydrogens (primary N) is 1. The fourth-order valence-electron chi connectivity index (χ4n) is 4.34. The lowest BCUT2D eigenvalue weighted by Crippen LogP contribution is -2.74. The molecule has 1 aromatic carbocycles. The number of nitrogens with one attached hydrogen (secondary N) is 3. The van der Waals surface area contributed by atoms with Crippen LogP contribution in [-0.4, -0.2) is 94.9 Å². The molecule has 2 saturated heterocycles. The number of anilines is 1. The first-order valence-corrected chi connectivity index (χ1v) is 16.4. The van der Waals surface area contributed by atoms with Gasteiger partial charge in [0.05, 0.1) is 11.9 Å². The molecule has 0 aliphatic carbocycles. The number of aryl methyl sites for hydroxylation is 1. The summed E-state index contributed by atoms with van der Waals surface area (Å²) in [7, 11) is 0. The molecule has 2 aromatic heterocycles. The summed E-state index contributed by atoms with van der Waals surface area (Å²) in [6.45, 7) is 1.78. The minimum absolute atomic E-state index is 0.0283. The highest BCUT2D eigenvalue weighted by Gasteiger charge is 2.57.